The second-order valence-corrected chi connectivity index (χ2v) is 6.47. The number of thiocarbonyl (C=S) groups is 1. The van der Waals surface area contributed by atoms with Gasteiger partial charge in [-0.2, -0.15) is 11.8 Å². The lowest BCUT2D eigenvalue weighted by molar-refractivity contribution is 0.473. The van der Waals surface area contributed by atoms with Crippen molar-refractivity contribution in [2.24, 2.45) is 5.73 Å². The Morgan fingerprint density at radius 1 is 1.47 bits per heavy atom. The summed E-state index contributed by atoms with van der Waals surface area (Å²) in [4.78, 5) is 0.109. The van der Waals surface area contributed by atoms with Gasteiger partial charge in [0, 0.05) is 17.0 Å². The summed E-state index contributed by atoms with van der Waals surface area (Å²) >= 11 is 6.85. The van der Waals surface area contributed by atoms with Crippen LogP contribution in [0.3, 0.4) is 0 Å². The number of benzene rings is 1. The Bertz CT molecular complexity index is 465. The van der Waals surface area contributed by atoms with E-state index in [4.69, 9.17) is 18.0 Å². The standard InChI is InChI=1S/C14H19FN2S2/c1-19-10-5-2-4-9(8-10)17-12-7-3-6-11(15)13(12)14(16)18/h3,6-7,9-10,17H,2,4-5,8H2,1H3,(H2,16,18). The Hall–Kier alpha value is -0.810. The molecule has 19 heavy (non-hydrogen) atoms. The SMILES string of the molecule is CSC1CCCC(Nc2cccc(F)c2C(N)=S)C1. The number of thioether (sulfide) groups is 1. The Labute approximate surface area is 123 Å². The first-order chi connectivity index (χ1) is 9.11. The van der Waals surface area contributed by atoms with Crippen LogP contribution < -0.4 is 11.1 Å². The summed E-state index contributed by atoms with van der Waals surface area (Å²) in [6, 6.07) is 5.31. The lowest BCUT2D eigenvalue weighted by Crippen LogP contribution is -2.29. The number of halogens is 1. The first-order valence-corrected chi connectivity index (χ1v) is 8.19. The third kappa shape index (κ3) is 3.60. The largest absolute Gasteiger partial charge is 0.389 e. The molecule has 0 amide bonds. The molecule has 104 valence electrons. The number of hydrogen-bond acceptors (Lipinski definition) is 3. The smallest absolute Gasteiger partial charge is 0.135 e. The molecule has 1 aromatic carbocycles. The molecule has 1 aliphatic rings. The number of nitrogens with one attached hydrogen (secondary N) is 1. The number of hydrogen-bond donors (Lipinski definition) is 2. The van der Waals surface area contributed by atoms with Gasteiger partial charge in [-0.05, 0) is 37.7 Å². The van der Waals surface area contributed by atoms with Crippen LogP contribution in [0.4, 0.5) is 10.1 Å². The molecule has 0 aliphatic heterocycles. The molecule has 0 spiro atoms. The van der Waals surface area contributed by atoms with Crippen LogP contribution in [0.1, 0.15) is 31.2 Å². The minimum absolute atomic E-state index is 0.109. The predicted octanol–water partition coefficient (Wildman–Crippen LogP) is 3.55. The first-order valence-electron chi connectivity index (χ1n) is 6.49. The normalized spacial score (nSPS) is 23.1. The maximum atomic E-state index is 13.8. The van der Waals surface area contributed by atoms with Crippen LogP contribution in [0, 0.1) is 5.82 Å². The molecule has 0 saturated heterocycles. The van der Waals surface area contributed by atoms with Gasteiger partial charge in [0.15, 0.2) is 0 Å². The van der Waals surface area contributed by atoms with Gasteiger partial charge in [-0.15, -0.1) is 0 Å². The molecule has 0 aromatic heterocycles. The number of anilines is 1. The van der Waals surface area contributed by atoms with Crippen molar-refractivity contribution in [3.63, 3.8) is 0 Å². The molecule has 0 radical (unpaired) electrons. The van der Waals surface area contributed by atoms with E-state index < -0.39 is 0 Å². The van der Waals surface area contributed by atoms with Crippen LogP contribution in [-0.4, -0.2) is 22.5 Å². The summed E-state index contributed by atoms with van der Waals surface area (Å²) in [5, 5.41) is 4.10. The maximum Gasteiger partial charge on any atom is 0.135 e. The highest BCUT2D eigenvalue weighted by molar-refractivity contribution is 7.99. The molecule has 0 heterocycles. The Kier molecular flexibility index (Phi) is 5.05. The van der Waals surface area contributed by atoms with Gasteiger partial charge in [-0.25, -0.2) is 4.39 Å². The van der Waals surface area contributed by atoms with Crippen LogP contribution in [0.25, 0.3) is 0 Å². The van der Waals surface area contributed by atoms with E-state index in [0.717, 1.165) is 18.5 Å². The van der Waals surface area contributed by atoms with E-state index in [2.05, 4.69) is 11.6 Å². The summed E-state index contributed by atoms with van der Waals surface area (Å²) in [6.45, 7) is 0. The Morgan fingerprint density at radius 3 is 2.95 bits per heavy atom. The van der Waals surface area contributed by atoms with Gasteiger partial charge in [-0.1, -0.05) is 24.7 Å². The van der Waals surface area contributed by atoms with E-state index in [9.17, 15) is 4.39 Å². The third-order valence-corrected chi connectivity index (χ3v) is 4.88. The molecule has 3 N–H and O–H groups in total. The van der Waals surface area contributed by atoms with E-state index >= 15 is 0 Å². The summed E-state index contributed by atoms with van der Waals surface area (Å²) in [7, 11) is 0. The van der Waals surface area contributed by atoms with Crippen molar-refractivity contribution in [1.82, 2.24) is 0 Å². The second kappa shape index (κ2) is 6.57. The lowest BCUT2D eigenvalue weighted by atomic mass is 9.94. The molecule has 5 heteroatoms. The van der Waals surface area contributed by atoms with Crippen molar-refractivity contribution in [2.75, 3.05) is 11.6 Å². The second-order valence-electron chi connectivity index (χ2n) is 4.89. The summed E-state index contributed by atoms with van der Waals surface area (Å²) in [5.74, 6) is -0.352. The van der Waals surface area contributed by atoms with Gasteiger partial charge in [0.25, 0.3) is 0 Å². The molecule has 2 atom stereocenters. The quantitative estimate of drug-likeness (QED) is 0.834. The molecule has 2 nitrogen and oxygen atoms in total. The van der Waals surface area contributed by atoms with Crippen molar-refractivity contribution < 1.29 is 4.39 Å². The van der Waals surface area contributed by atoms with E-state index in [1.54, 1.807) is 6.07 Å². The molecule has 1 aromatic rings. The lowest BCUT2D eigenvalue weighted by Gasteiger charge is -2.30. The van der Waals surface area contributed by atoms with E-state index in [0.29, 0.717) is 16.9 Å². The van der Waals surface area contributed by atoms with E-state index in [1.807, 2.05) is 17.8 Å². The molecule has 1 saturated carbocycles. The van der Waals surface area contributed by atoms with E-state index in [-0.39, 0.29) is 10.8 Å². The van der Waals surface area contributed by atoms with Crippen LogP contribution in [-0.2, 0) is 0 Å². The zero-order valence-electron chi connectivity index (χ0n) is 11.0. The highest BCUT2D eigenvalue weighted by Crippen LogP contribution is 2.30. The number of nitrogens with two attached hydrogens (primary N) is 1. The van der Waals surface area contributed by atoms with Crippen LogP contribution >= 0.6 is 24.0 Å². The zero-order chi connectivity index (χ0) is 13.8. The summed E-state index contributed by atoms with van der Waals surface area (Å²) in [5.41, 5.74) is 6.68. The molecule has 0 bridgehead atoms. The van der Waals surface area contributed by atoms with Crippen molar-refractivity contribution >= 4 is 34.7 Å². The fourth-order valence-corrected chi connectivity index (χ4v) is 3.64. The number of rotatable bonds is 4. The minimum atomic E-state index is -0.352. The fraction of sp³-hybridized carbons (Fsp3) is 0.500. The third-order valence-electron chi connectivity index (χ3n) is 3.58. The molecular formula is C14H19FN2S2. The molecule has 1 fully saturated rings. The summed E-state index contributed by atoms with van der Waals surface area (Å²) in [6.07, 6.45) is 6.85. The first kappa shape index (κ1) is 14.6. The van der Waals surface area contributed by atoms with Gasteiger partial charge in [0.05, 0.1) is 5.56 Å². The average Bonchev–Trinajstić information content (AvgIpc) is 2.38. The zero-order valence-corrected chi connectivity index (χ0v) is 12.6. The Balaban J connectivity index is 2.14. The highest BCUT2D eigenvalue weighted by atomic mass is 32.2. The van der Waals surface area contributed by atoms with Gasteiger partial charge >= 0.3 is 0 Å². The maximum absolute atomic E-state index is 13.8. The van der Waals surface area contributed by atoms with Gasteiger partial charge < -0.3 is 11.1 Å². The highest BCUT2D eigenvalue weighted by Gasteiger charge is 2.22. The van der Waals surface area contributed by atoms with Gasteiger partial charge in [0.1, 0.15) is 10.8 Å². The van der Waals surface area contributed by atoms with E-state index in [1.165, 1.54) is 18.9 Å². The van der Waals surface area contributed by atoms with Gasteiger partial charge in [-0.3, -0.25) is 0 Å². The monoisotopic (exact) mass is 298 g/mol. The minimum Gasteiger partial charge on any atom is -0.389 e. The molecule has 1 aliphatic carbocycles. The van der Waals surface area contributed by atoms with Crippen LogP contribution in [0.5, 0.6) is 0 Å². The average molecular weight is 298 g/mol. The van der Waals surface area contributed by atoms with Crippen molar-refractivity contribution in [2.45, 2.75) is 37.0 Å². The topological polar surface area (TPSA) is 38.0 Å². The van der Waals surface area contributed by atoms with Crippen LogP contribution in [0.2, 0.25) is 0 Å². The van der Waals surface area contributed by atoms with Gasteiger partial charge in [0.2, 0.25) is 0 Å². The van der Waals surface area contributed by atoms with Crippen molar-refractivity contribution in [1.29, 1.82) is 0 Å². The molecule has 2 rings (SSSR count). The van der Waals surface area contributed by atoms with Crippen LogP contribution in [0.15, 0.2) is 18.2 Å². The van der Waals surface area contributed by atoms with Crippen molar-refractivity contribution in [3.8, 4) is 0 Å². The molecule has 2 unspecified atom stereocenters. The Morgan fingerprint density at radius 2 is 2.26 bits per heavy atom. The fourth-order valence-electron chi connectivity index (χ4n) is 2.60. The predicted molar refractivity (Wildman–Crippen MR) is 85.5 cm³/mol. The van der Waals surface area contributed by atoms with Crippen molar-refractivity contribution in [3.05, 3.63) is 29.6 Å². The summed E-state index contributed by atoms with van der Waals surface area (Å²) < 4.78 is 13.8. The molecular weight excluding hydrogens is 279 g/mol.